The summed E-state index contributed by atoms with van der Waals surface area (Å²) in [7, 11) is 0. The van der Waals surface area contributed by atoms with Crippen LogP contribution in [0.3, 0.4) is 0 Å². The molecular formula is C17H27N5O2. The summed E-state index contributed by atoms with van der Waals surface area (Å²) in [5.41, 5.74) is -0.121. The van der Waals surface area contributed by atoms with E-state index in [1.165, 1.54) is 19.3 Å². The van der Waals surface area contributed by atoms with Crippen molar-refractivity contribution in [3.63, 3.8) is 0 Å². The first-order chi connectivity index (χ1) is 11.7. The number of carbonyl (C=O) groups excluding carboxylic acids is 1. The number of aryl methyl sites for hydroxylation is 1. The van der Waals surface area contributed by atoms with Gasteiger partial charge in [-0.15, -0.1) is 0 Å². The molecule has 7 nitrogen and oxygen atoms in total. The standard InChI is InChI=1S/C17H27N5O2/c1-13-19-15(24-20-13)11-21-6-8-22(9-7-21)16(23)17-5-3-2-4-14(17)10-18-12-17/h14,18H,2-12H2,1H3/t14-,17+/m0/s1. The third-order valence-corrected chi connectivity index (χ3v) is 6.05. The van der Waals surface area contributed by atoms with Crippen LogP contribution in [0, 0.1) is 18.3 Å². The fourth-order valence-electron chi connectivity index (χ4n) is 4.69. The molecule has 1 aromatic heterocycles. The Balaban J connectivity index is 1.36. The monoisotopic (exact) mass is 333 g/mol. The SMILES string of the molecule is Cc1noc(CN2CCN(C(=O)[C@@]34CCCC[C@H]3CNC4)CC2)n1. The zero-order chi connectivity index (χ0) is 16.6. The molecule has 0 spiro atoms. The summed E-state index contributed by atoms with van der Waals surface area (Å²) in [5.74, 6) is 2.27. The molecule has 0 unspecified atom stereocenters. The predicted octanol–water partition coefficient (Wildman–Crippen LogP) is 0.802. The second-order valence-corrected chi connectivity index (χ2v) is 7.53. The second-order valence-electron chi connectivity index (χ2n) is 7.53. The van der Waals surface area contributed by atoms with Crippen molar-refractivity contribution in [1.82, 2.24) is 25.3 Å². The molecule has 1 aliphatic carbocycles. The molecule has 3 heterocycles. The fourth-order valence-corrected chi connectivity index (χ4v) is 4.69. The fraction of sp³-hybridized carbons (Fsp3) is 0.824. The molecule has 3 aliphatic rings. The maximum atomic E-state index is 13.3. The average molecular weight is 333 g/mol. The first-order valence-corrected chi connectivity index (χ1v) is 9.19. The van der Waals surface area contributed by atoms with Crippen molar-refractivity contribution in [2.45, 2.75) is 39.2 Å². The number of piperazine rings is 1. The molecular weight excluding hydrogens is 306 g/mol. The molecule has 4 rings (SSSR count). The lowest BCUT2D eigenvalue weighted by atomic mass is 9.67. The van der Waals surface area contributed by atoms with Gasteiger partial charge in [-0.3, -0.25) is 9.69 Å². The lowest BCUT2D eigenvalue weighted by Gasteiger charge is -2.43. The highest BCUT2D eigenvalue weighted by Gasteiger charge is 2.51. The van der Waals surface area contributed by atoms with E-state index < -0.39 is 0 Å². The largest absolute Gasteiger partial charge is 0.340 e. The van der Waals surface area contributed by atoms with E-state index in [0.29, 0.717) is 30.1 Å². The van der Waals surface area contributed by atoms with E-state index >= 15 is 0 Å². The van der Waals surface area contributed by atoms with E-state index in [4.69, 9.17) is 4.52 Å². The minimum atomic E-state index is -0.121. The average Bonchev–Trinajstić information content (AvgIpc) is 3.21. The van der Waals surface area contributed by atoms with Crippen molar-refractivity contribution in [3.8, 4) is 0 Å². The van der Waals surface area contributed by atoms with E-state index in [9.17, 15) is 4.79 Å². The van der Waals surface area contributed by atoms with Gasteiger partial charge >= 0.3 is 0 Å². The van der Waals surface area contributed by atoms with Gasteiger partial charge in [0.1, 0.15) is 0 Å². The second kappa shape index (κ2) is 6.44. The van der Waals surface area contributed by atoms with Crippen molar-refractivity contribution in [2.75, 3.05) is 39.3 Å². The van der Waals surface area contributed by atoms with E-state index in [-0.39, 0.29) is 5.41 Å². The Morgan fingerprint density at radius 2 is 2.17 bits per heavy atom. The molecule has 7 heteroatoms. The van der Waals surface area contributed by atoms with Crippen LogP contribution in [-0.2, 0) is 11.3 Å². The van der Waals surface area contributed by atoms with Crippen LogP contribution in [0.5, 0.6) is 0 Å². The number of hydrogen-bond donors (Lipinski definition) is 1. The topological polar surface area (TPSA) is 74.5 Å². The van der Waals surface area contributed by atoms with E-state index in [1.807, 2.05) is 6.92 Å². The summed E-state index contributed by atoms with van der Waals surface area (Å²) in [4.78, 5) is 21.9. The van der Waals surface area contributed by atoms with Crippen molar-refractivity contribution in [1.29, 1.82) is 0 Å². The van der Waals surface area contributed by atoms with Gasteiger partial charge in [0.2, 0.25) is 11.8 Å². The predicted molar refractivity (Wildman–Crippen MR) is 88.2 cm³/mol. The quantitative estimate of drug-likeness (QED) is 0.882. The molecule has 2 aliphatic heterocycles. The summed E-state index contributed by atoms with van der Waals surface area (Å²) in [6, 6.07) is 0. The molecule has 2 saturated heterocycles. The Morgan fingerprint density at radius 3 is 2.92 bits per heavy atom. The summed E-state index contributed by atoms with van der Waals surface area (Å²) >= 11 is 0. The van der Waals surface area contributed by atoms with Crippen LogP contribution >= 0.6 is 0 Å². The molecule has 24 heavy (non-hydrogen) atoms. The maximum Gasteiger partial charge on any atom is 0.240 e. The molecule has 2 atom stereocenters. The van der Waals surface area contributed by atoms with E-state index in [2.05, 4.69) is 25.3 Å². The lowest BCUT2D eigenvalue weighted by Crippen LogP contribution is -2.55. The molecule has 1 aromatic rings. The Kier molecular flexibility index (Phi) is 4.30. The number of fused-ring (bicyclic) bond motifs is 1. The van der Waals surface area contributed by atoms with Gasteiger partial charge in [-0.1, -0.05) is 18.0 Å². The van der Waals surface area contributed by atoms with E-state index in [1.54, 1.807) is 0 Å². The van der Waals surface area contributed by atoms with Crippen LogP contribution in [-0.4, -0.2) is 65.1 Å². The zero-order valence-corrected chi connectivity index (χ0v) is 14.5. The number of aromatic nitrogens is 2. The van der Waals surface area contributed by atoms with Gasteiger partial charge in [0.05, 0.1) is 12.0 Å². The normalized spacial score (nSPS) is 31.2. The van der Waals surface area contributed by atoms with Crippen molar-refractivity contribution in [2.24, 2.45) is 11.3 Å². The number of nitrogens with zero attached hydrogens (tertiary/aromatic N) is 4. The maximum absolute atomic E-state index is 13.3. The highest BCUT2D eigenvalue weighted by Crippen LogP contribution is 2.45. The molecule has 132 valence electrons. The zero-order valence-electron chi connectivity index (χ0n) is 14.5. The Morgan fingerprint density at radius 1 is 1.33 bits per heavy atom. The third-order valence-electron chi connectivity index (χ3n) is 6.05. The van der Waals surface area contributed by atoms with Gasteiger partial charge in [0, 0.05) is 32.7 Å². The number of carbonyl (C=O) groups is 1. The number of rotatable bonds is 3. The smallest absolute Gasteiger partial charge is 0.240 e. The van der Waals surface area contributed by atoms with Crippen molar-refractivity contribution >= 4 is 5.91 Å². The summed E-state index contributed by atoms with van der Waals surface area (Å²) in [6.45, 7) is 7.76. The van der Waals surface area contributed by atoms with Crippen LogP contribution in [0.2, 0.25) is 0 Å². The minimum absolute atomic E-state index is 0.121. The molecule has 1 N–H and O–H groups in total. The Hall–Kier alpha value is -1.47. The Bertz CT molecular complexity index is 596. The van der Waals surface area contributed by atoms with Crippen LogP contribution in [0.15, 0.2) is 4.52 Å². The van der Waals surface area contributed by atoms with Crippen LogP contribution in [0.4, 0.5) is 0 Å². The van der Waals surface area contributed by atoms with Crippen molar-refractivity contribution in [3.05, 3.63) is 11.7 Å². The third kappa shape index (κ3) is 2.84. The highest BCUT2D eigenvalue weighted by atomic mass is 16.5. The minimum Gasteiger partial charge on any atom is -0.340 e. The van der Waals surface area contributed by atoms with Crippen molar-refractivity contribution < 1.29 is 9.32 Å². The molecule has 3 fully saturated rings. The summed E-state index contributed by atoms with van der Waals surface area (Å²) in [5, 5.41) is 7.32. The highest BCUT2D eigenvalue weighted by molar-refractivity contribution is 5.84. The Labute approximate surface area is 142 Å². The number of nitrogens with one attached hydrogen (secondary N) is 1. The molecule has 1 saturated carbocycles. The molecule has 0 bridgehead atoms. The van der Waals surface area contributed by atoms with E-state index in [0.717, 1.165) is 45.7 Å². The van der Waals surface area contributed by atoms with Gasteiger partial charge < -0.3 is 14.7 Å². The molecule has 0 radical (unpaired) electrons. The molecule has 1 amide bonds. The van der Waals surface area contributed by atoms with Crippen LogP contribution in [0.25, 0.3) is 0 Å². The van der Waals surface area contributed by atoms with Gasteiger partial charge in [0.25, 0.3) is 0 Å². The van der Waals surface area contributed by atoms with Gasteiger partial charge in [-0.2, -0.15) is 4.98 Å². The lowest BCUT2D eigenvalue weighted by molar-refractivity contribution is -0.147. The van der Waals surface area contributed by atoms with Gasteiger partial charge in [-0.05, 0) is 32.2 Å². The molecule has 0 aromatic carbocycles. The number of hydrogen-bond acceptors (Lipinski definition) is 6. The van der Waals surface area contributed by atoms with Crippen LogP contribution < -0.4 is 5.32 Å². The first kappa shape index (κ1) is 16.0. The summed E-state index contributed by atoms with van der Waals surface area (Å²) in [6.07, 6.45) is 4.74. The number of amides is 1. The summed E-state index contributed by atoms with van der Waals surface area (Å²) < 4.78 is 5.20. The van der Waals surface area contributed by atoms with Crippen LogP contribution in [0.1, 0.15) is 37.4 Å². The first-order valence-electron chi connectivity index (χ1n) is 9.19. The van der Waals surface area contributed by atoms with Gasteiger partial charge in [0.15, 0.2) is 5.82 Å². The van der Waals surface area contributed by atoms with Gasteiger partial charge in [-0.25, -0.2) is 0 Å².